The van der Waals surface area contributed by atoms with Crippen molar-refractivity contribution in [3.8, 4) is 5.75 Å². The summed E-state index contributed by atoms with van der Waals surface area (Å²) in [5.74, 6) is -0.407. The van der Waals surface area contributed by atoms with Gasteiger partial charge in [0, 0.05) is 16.7 Å². The Kier molecular flexibility index (Phi) is 5.39. The number of fused-ring (bicyclic) bond motifs is 1. The number of quaternary nitrogens is 2. The minimum absolute atomic E-state index is 0.270. The third-order valence-electron chi connectivity index (χ3n) is 5.35. The molecule has 2 aromatic carbocycles. The predicted molar refractivity (Wildman–Crippen MR) is 104 cm³/mol. The summed E-state index contributed by atoms with van der Waals surface area (Å²) in [6, 6.07) is 10.4. The van der Waals surface area contributed by atoms with Crippen molar-refractivity contribution in [2.24, 2.45) is 0 Å². The van der Waals surface area contributed by atoms with Gasteiger partial charge in [-0.3, -0.25) is 0 Å². The molecule has 2 N–H and O–H groups in total. The van der Waals surface area contributed by atoms with E-state index in [1.807, 2.05) is 12.1 Å². The van der Waals surface area contributed by atoms with E-state index in [0.717, 1.165) is 43.8 Å². The van der Waals surface area contributed by atoms with E-state index in [1.54, 1.807) is 28.8 Å². The molecule has 2 heterocycles. The minimum Gasteiger partial charge on any atom is -0.494 e. The molecule has 148 valence electrons. The summed E-state index contributed by atoms with van der Waals surface area (Å²) in [6.07, 6.45) is 0. The SMILES string of the molecule is COc1ccc(C[NH+]2CC[NH+](Cn3c(=O)oc4cc(Cl)ccc43)CC2)cc1F. The van der Waals surface area contributed by atoms with Crippen LogP contribution in [0.4, 0.5) is 4.39 Å². The van der Waals surface area contributed by atoms with Gasteiger partial charge in [0.1, 0.15) is 32.7 Å². The Morgan fingerprint density at radius 1 is 1.14 bits per heavy atom. The number of hydrogen-bond donors (Lipinski definition) is 2. The van der Waals surface area contributed by atoms with Crippen molar-refractivity contribution in [3.63, 3.8) is 0 Å². The van der Waals surface area contributed by atoms with E-state index in [1.165, 1.54) is 16.9 Å². The first-order chi connectivity index (χ1) is 13.5. The van der Waals surface area contributed by atoms with Crippen molar-refractivity contribution in [1.82, 2.24) is 4.57 Å². The van der Waals surface area contributed by atoms with E-state index < -0.39 is 0 Å². The second kappa shape index (κ2) is 7.95. The number of rotatable bonds is 5. The van der Waals surface area contributed by atoms with Crippen LogP contribution in [0.3, 0.4) is 0 Å². The second-order valence-corrected chi connectivity index (χ2v) is 7.65. The number of benzene rings is 2. The molecule has 3 aromatic rings. The van der Waals surface area contributed by atoms with Crippen molar-refractivity contribution in [1.29, 1.82) is 0 Å². The van der Waals surface area contributed by atoms with E-state index in [2.05, 4.69) is 0 Å². The molecule has 1 saturated heterocycles. The van der Waals surface area contributed by atoms with Gasteiger partial charge in [0.25, 0.3) is 0 Å². The fraction of sp³-hybridized carbons (Fsp3) is 0.350. The van der Waals surface area contributed by atoms with Gasteiger partial charge in [-0.15, -0.1) is 0 Å². The zero-order valence-electron chi connectivity index (χ0n) is 15.6. The smallest absolute Gasteiger partial charge is 0.424 e. The number of aromatic nitrogens is 1. The average Bonchev–Trinajstić information content (AvgIpc) is 2.98. The normalized spacial score (nSPS) is 19.8. The summed E-state index contributed by atoms with van der Waals surface area (Å²) in [7, 11) is 1.47. The molecule has 8 heteroatoms. The molecule has 0 aliphatic carbocycles. The number of methoxy groups -OCH3 is 1. The predicted octanol–water partition coefficient (Wildman–Crippen LogP) is 0.337. The summed E-state index contributed by atoms with van der Waals surface area (Å²) in [5.41, 5.74) is 2.25. The maximum atomic E-state index is 13.9. The summed E-state index contributed by atoms with van der Waals surface area (Å²) in [5, 5.41) is 0.549. The van der Waals surface area contributed by atoms with Gasteiger partial charge in [-0.05, 0) is 30.3 Å². The van der Waals surface area contributed by atoms with Crippen LogP contribution in [0.2, 0.25) is 5.02 Å². The lowest BCUT2D eigenvalue weighted by atomic mass is 10.2. The van der Waals surface area contributed by atoms with Crippen LogP contribution < -0.4 is 20.3 Å². The highest BCUT2D eigenvalue weighted by atomic mass is 35.5. The Morgan fingerprint density at radius 3 is 2.61 bits per heavy atom. The Morgan fingerprint density at radius 2 is 1.89 bits per heavy atom. The third kappa shape index (κ3) is 3.92. The van der Waals surface area contributed by atoms with Gasteiger partial charge in [-0.1, -0.05) is 11.6 Å². The van der Waals surface area contributed by atoms with Gasteiger partial charge in [-0.25, -0.2) is 13.8 Å². The highest BCUT2D eigenvalue weighted by Gasteiger charge is 2.25. The van der Waals surface area contributed by atoms with Gasteiger partial charge in [0.05, 0.1) is 12.6 Å². The molecule has 0 atom stereocenters. The van der Waals surface area contributed by atoms with Crippen molar-refractivity contribution in [2.45, 2.75) is 13.2 Å². The van der Waals surface area contributed by atoms with E-state index in [4.69, 9.17) is 20.8 Å². The summed E-state index contributed by atoms with van der Waals surface area (Å²) >= 11 is 5.97. The first-order valence-corrected chi connectivity index (χ1v) is 9.70. The molecule has 4 rings (SSSR count). The third-order valence-corrected chi connectivity index (χ3v) is 5.58. The molecule has 0 radical (unpaired) electrons. The fourth-order valence-electron chi connectivity index (χ4n) is 3.81. The molecule has 0 saturated carbocycles. The molecule has 28 heavy (non-hydrogen) atoms. The maximum Gasteiger partial charge on any atom is 0.424 e. The molecular formula is C20H23ClFN3O3+2. The van der Waals surface area contributed by atoms with Crippen LogP contribution in [0.5, 0.6) is 5.75 Å². The Bertz CT molecular complexity index is 1040. The van der Waals surface area contributed by atoms with Gasteiger partial charge >= 0.3 is 5.76 Å². The van der Waals surface area contributed by atoms with E-state index >= 15 is 0 Å². The second-order valence-electron chi connectivity index (χ2n) is 7.21. The van der Waals surface area contributed by atoms with Gasteiger partial charge in [-0.2, -0.15) is 0 Å². The Balaban J connectivity index is 1.38. The van der Waals surface area contributed by atoms with Gasteiger partial charge in [0.15, 0.2) is 23.8 Å². The number of oxazole rings is 1. The molecule has 0 bridgehead atoms. The highest BCUT2D eigenvalue weighted by Crippen LogP contribution is 2.18. The maximum absolute atomic E-state index is 13.9. The number of hydrogen-bond acceptors (Lipinski definition) is 3. The molecule has 1 aliphatic heterocycles. The van der Waals surface area contributed by atoms with Crippen molar-refractivity contribution >= 4 is 22.7 Å². The molecule has 1 aromatic heterocycles. The number of halogens is 2. The molecular weight excluding hydrogens is 385 g/mol. The fourth-order valence-corrected chi connectivity index (χ4v) is 3.98. The molecule has 0 unspecified atom stereocenters. The number of ether oxygens (including phenoxy) is 1. The summed E-state index contributed by atoms with van der Waals surface area (Å²) < 4.78 is 25.8. The average molecular weight is 408 g/mol. The lowest BCUT2D eigenvalue weighted by Crippen LogP contribution is -3.27. The Labute approximate surface area is 166 Å². The molecule has 1 fully saturated rings. The number of piperazine rings is 1. The molecule has 0 spiro atoms. The van der Waals surface area contributed by atoms with Crippen LogP contribution in [-0.2, 0) is 13.2 Å². The first-order valence-electron chi connectivity index (χ1n) is 9.32. The zero-order valence-corrected chi connectivity index (χ0v) is 16.4. The van der Waals surface area contributed by atoms with E-state index in [9.17, 15) is 9.18 Å². The first kappa shape index (κ1) is 19.0. The summed E-state index contributed by atoms with van der Waals surface area (Å²) in [4.78, 5) is 14.9. The minimum atomic E-state index is -0.353. The topological polar surface area (TPSA) is 53.2 Å². The van der Waals surface area contributed by atoms with E-state index in [-0.39, 0.29) is 17.3 Å². The molecule has 0 amide bonds. The lowest BCUT2D eigenvalue weighted by Gasteiger charge is -2.29. The van der Waals surface area contributed by atoms with Gasteiger partial charge in [0.2, 0.25) is 0 Å². The monoisotopic (exact) mass is 407 g/mol. The lowest BCUT2D eigenvalue weighted by molar-refractivity contribution is -1.03. The van der Waals surface area contributed by atoms with E-state index in [0.29, 0.717) is 17.3 Å². The zero-order chi connectivity index (χ0) is 19.7. The largest absolute Gasteiger partial charge is 0.494 e. The Hall–Kier alpha value is -2.35. The van der Waals surface area contributed by atoms with Crippen LogP contribution >= 0.6 is 11.6 Å². The quantitative estimate of drug-likeness (QED) is 0.641. The van der Waals surface area contributed by atoms with Crippen LogP contribution in [-0.4, -0.2) is 37.9 Å². The highest BCUT2D eigenvalue weighted by molar-refractivity contribution is 6.31. The molecule has 6 nitrogen and oxygen atoms in total. The van der Waals surface area contributed by atoms with Crippen molar-refractivity contribution in [3.05, 3.63) is 63.4 Å². The van der Waals surface area contributed by atoms with Gasteiger partial charge < -0.3 is 19.0 Å². The standard InChI is InChI=1S/C20H21ClFN3O3/c1-27-18-5-2-14(10-16(18)22)12-23-6-8-24(9-7-23)13-25-17-4-3-15(21)11-19(17)28-20(25)26/h2-5,10-11H,6-9,12-13H2,1H3/p+2. The van der Waals surface area contributed by atoms with Crippen LogP contribution in [0, 0.1) is 5.82 Å². The number of nitrogens with zero attached hydrogens (tertiary/aromatic N) is 1. The number of nitrogens with one attached hydrogen (secondary N) is 2. The van der Waals surface area contributed by atoms with Crippen molar-refractivity contribution in [2.75, 3.05) is 33.3 Å². The van der Waals surface area contributed by atoms with Crippen molar-refractivity contribution < 1.29 is 23.3 Å². The summed E-state index contributed by atoms with van der Waals surface area (Å²) in [6.45, 7) is 5.12. The van der Waals surface area contributed by atoms with Crippen LogP contribution in [0.25, 0.3) is 11.1 Å². The molecule has 1 aliphatic rings. The van der Waals surface area contributed by atoms with Crippen LogP contribution in [0.1, 0.15) is 5.56 Å². The van der Waals surface area contributed by atoms with Crippen LogP contribution in [0.15, 0.2) is 45.6 Å².